The lowest BCUT2D eigenvalue weighted by Crippen LogP contribution is -2.40. The van der Waals surface area contributed by atoms with Gasteiger partial charge in [-0.1, -0.05) is 31.2 Å². The Balaban J connectivity index is 1.47. The molecule has 0 aliphatic carbocycles. The first-order chi connectivity index (χ1) is 16.1. The van der Waals surface area contributed by atoms with Crippen molar-refractivity contribution >= 4 is 38.5 Å². The highest BCUT2D eigenvalue weighted by molar-refractivity contribution is 7.98. The molecule has 0 atom stereocenters. The summed E-state index contributed by atoms with van der Waals surface area (Å²) in [5, 5.41) is 9.31. The maximum atomic E-state index is 13.1. The first-order valence-electron chi connectivity index (χ1n) is 11.1. The fraction of sp³-hybridized carbons (Fsp3) is 0.409. The van der Waals surface area contributed by atoms with E-state index in [2.05, 4.69) is 21.7 Å². The second kappa shape index (κ2) is 9.41. The zero-order valence-corrected chi connectivity index (χ0v) is 20.1. The van der Waals surface area contributed by atoms with Gasteiger partial charge in [0.05, 0.1) is 34.9 Å². The minimum absolute atomic E-state index is 0.277. The van der Waals surface area contributed by atoms with Crippen LogP contribution in [0.2, 0.25) is 0 Å². The standard InChI is InChI=1S/C22H26N6O3S2/c1-2-3-9-27-19-8-7-17(33(29,30)26-11-13-31-14-12-26)15-18(19)23-21(27)16-32-22-25-24-20-6-4-5-10-28(20)22/h4-8,10,15H,2-3,9,11-14,16H2,1H3. The predicted molar refractivity (Wildman–Crippen MR) is 127 cm³/mol. The lowest BCUT2D eigenvalue weighted by atomic mass is 10.3. The number of pyridine rings is 1. The molecule has 0 bridgehead atoms. The van der Waals surface area contributed by atoms with Crippen molar-refractivity contribution in [3.63, 3.8) is 0 Å². The molecule has 0 N–H and O–H groups in total. The molecule has 0 unspecified atom stereocenters. The number of fused-ring (bicyclic) bond motifs is 2. The van der Waals surface area contributed by atoms with E-state index < -0.39 is 10.0 Å². The van der Waals surface area contributed by atoms with E-state index in [4.69, 9.17) is 9.72 Å². The van der Waals surface area contributed by atoms with E-state index in [1.54, 1.807) is 23.9 Å². The Hall–Kier alpha value is -2.47. The number of aryl methyl sites for hydroxylation is 1. The number of morpholine rings is 1. The van der Waals surface area contributed by atoms with Gasteiger partial charge in [-0.15, -0.1) is 10.2 Å². The van der Waals surface area contributed by atoms with Gasteiger partial charge in [-0.3, -0.25) is 4.40 Å². The molecule has 0 spiro atoms. The summed E-state index contributed by atoms with van der Waals surface area (Å²) in [6.45, 7) is 4.58. The highest BCUT2D eigenvalue weighted by atomic mass is 32.2. The highest BCUT2D eigenvalue weighted by Gasteiger charge is 2.27. The van der Waals surface area contributed by atoms with E-state index in [9.17, 15) is 8.42 Å². The molecule has 0 amide bonds. The molecule has 5 rings (SSSR count). The molecule has 1 aromatic carbocycles. The summed E-state index contributed by atoms with van der Waals surface area (Å²) in [5.74, 6) is 1.51. The van der Waals surface area contributed by atoms with Crippen molar-refractivity contribution in [1.29, 1.82) is 0 Å². The fourth-order valence-corrected chi connectivity index (χ4v) is 6.28. The van der Waals surface area contributed by atoms with Crippen molar-refractivity contribution in [2.45, 2.75) is 42.1 Å². The third-order valence-electron chi connectivity index (χ3n) is 5.75. The third-order valence-corrected chi connectivity index (χ3v) is 8.59. The van der Waals surface area contributed by atoms with E-state index >= 15 is 0 Å². The topological polar surface area (TPSA) is 94.6 Å². The Morgan fingerprint density at radius 1 is 1.12 bits per heavy atom. The summed E-state index contributed by atoms with van der Waals surface area (Å²) < 4.78 is 37.2. The smallest absolute Gasteiger partial charge is 0.243 e. The van der Waals surface area contributed by atoms with Crippen molar-refractivity contribution in [1.82, 2.24) is 28.5 Å². The van der Waals surface area contributed by atoms with Gasteiger partial charge in [0.2, 0.25) is 10.0 Å². The van der Waals surface area contributed by atoms with Crippen molar-refractivity contribution in [3.8, 4) is 0 Å². The zero-order valence-electron chi connectivity index (χ0n) is 18.4. The zero-order chi connectivity index (χ0) is 22.8. The quantitative estimate of drug-likeness (QED) is 0.353. The monoisotopic (exact) mass is 486 g/mol. The Kier molecular flexibility index (Phi) is 6.37. The number of imidazole rings is 1. The summed E-state index contributed by atoms with van der Waals surface area (Å²) in [4.78, 5) is 5.12. The molecule has 0 saturated carbocycles. The third kappa shape index (κ3) is 4.37. The normalized spacial score (nSPS) is 15.5. The maximum Gasteiger partial charge on any atom is 0.243 e. The number of rotatable bonds is 8. The molecule has 0 radical (unpaired) electrons. The number of hydrogen-bond acceptors (Lipinski definition) is 7. The molecule has 174 valence electrons. The van der Waals surface area contributed by atoms with Crippen molar-refractivity contribution in [2.75, 3.05) is 26.3 Å². The average Bonchev–Trinajstić information content (AvgIpc) is 3.42. The number of ether oxygens (including phenoxy) is 1. The van der Waals surface area contributed by atoms with Gasteiger partial charge in [-0.2, -0.15) is 4.31 Å². The number of unbranched alkanes of at least 4 members (excludes halogenated alkanes) is 1. The lowest BCUT2D eigenvalue weighted by Gasteiger charge is -2.26. The largest absolute Gasteiger partial charge is 0.379 e. The molecule has 9 nitrogen and oxygen atoms in total. The Morgan fingerprint density at radius 3 is 2.79 bits per heavy atom. The number of sulfonamides is 1. The summed E-state index contributed by atoms with van der Waals surface area (Å²) in [7, 11) is -3.57. The van der Waals surface area contributed by atoms with E-state index in [1.165, 1.54) is 4.31 Å². The second-order valence-corrected chi connectivity index (χ2v) is 10.8. The summed E-state index contributed by atoms with van der Waals surface area (Å²) in [6.07, 6.45) is 4.02. The van der Waals surface area contributed by atoms with Crippen LogP contribution in [0.1, 0.15) is 25.6 Å². The maximum absolute atomic E-state index is 13.1. The molecule has 3 aromatic heterocycles. The number of aromatic nitrogens is 5. The van der Waals surface area contributed by atoms with Crippen LogP contribution in [0.3, 0.4) is 0 Å². The van der Waals surface area contributed by atoms with Gasteiger partial charge in [0.25, 0.3) is 0 Å². The van der Waals surface area contributed by atoms with Gasteiger partial charge in [0.1, 0.15) is 5.82 Å². The molecular weight excluding hydrogens is 460 g/mol. The van der Waals surface area contributed by atoms with Crippen molar-refractivity contribution < 1.29 is 13.2 Å². The van der Waals surface area contributed by atoms with Crippen LogP contribution in [-0.4, -0.2) is 63.2 Å². The fourth-order valence-electron chi connectivity index (χ4n) is 3.98. The second-order valence-electron chi connectivity index (χ2n) is 7.90. The number of benzene rings is 1. The number of hydrogen-bond donors (Lipinski definition) is 0. The molecular formula is C22H26N6O3S2. The molecule has 1 fully saturated rings. The minimum Gasteiger partial charge on any atom is -0.379 e. The molecule has 4 aromatic rings. The molecule has 1 aliphatic rings. The van der Waals surface area contributed by atoms with E-state index in [0.29, 0.717) is 37.6 Å². The van der Waals surface area contributed by atoms with Crippen LogP contribution < -0.4 is 0 Å². The van der Waals surface area contributed by atoms with Gasteiger partial charge in [0, 0.05) is 25.8 Å². The molecule has 33 heavy (non-hydrogen) atoms. The van der Waals surface area contributed by atoms with E-state index in [0.717, 1.165) is 41.5 Å². The summed E-state index contributed by atoms with van der Waals surface area (Å²) in [5.41, 5.74) is 2.45. The van der Waals surface area contributed by atoms with Crippen LogP contribution >= 0.6 is 11.8 Å². The Labute approximate surface area is 196 Å². The molecule has 1 saturated heterocycles. The van der Waals surface area contributed by atoms with Crippen LogP contribution in [0.4, 0.5) is 0 Å². The van der Waals surface area contributed by atoms with E-state index in [1.807, 2.05) is 34.9 Å². The van der Waals surface area contributed by atoms with Gasteiger partial charge in [-0.25, -0.2) is 13.4 Å². The molecule has 1 aliphatic heterocycles. The van der Waals surface area contributed by atoms with Gasteiger partial charge < -0.3 is 9.30 Å². The highest BCUT2D eigenvalue weighted by Crippen LogP contribution is 2.27. The SMILES string of the molecule is CCCCn1c(CSc2nnc3ccccn23)nc2cc(S(=O)(=O)N3CCOCC3)ccc21. The minimum atomic E-state index is -3.57. The van der Waals surface area contributed by atoms with Crippen molar-refractivity contribution in [2.24, 2.45) is 0 Å². The molecule has 11 heteroatoms. The summed E-state index contributed by atoms with van der Waals surface area (Å²) in [6, 6.07) is 11.1. The Bertz CT molecular complexity index is 1380. The van der Waals surface area contributed by atoms with Gasteiger partial charge in [0.15, 0.2) is 10.8 Å². The van der Waals surface area contributed by atoms with Crippen LogP contribution in [0.15, 0.2) is 52.6 Å². The number of nitrogens with zero attached hydrogens (tertiary/aromatic N) is 6. The van der Waals surface area contributed by atoms with E-state index in [-0.39, 0.29) is 4.90 Å². The molecule has 4 heterocycles. The first-order valence-corrected chi connectivity index (χ1v) is 13.5. The summed E-state index contributed by atoms with van der Waals surface area (Å²) >= 11 is 1.57. The average molecular weight is 487 g/mol. The van der Waals surface area contributed by atoms with Crippen LogP contribution in [0.5, 0.6) is 0 Å². The van der Waals surface area contributed by atoms with Crippen molar-refractivity contribution in [3.05, 3.63) is 48.4 Å². The van der Waals surface area contributed by atoms with Crippen LogP contribution in [0, 0.1) is 0 Å². The predicted octanol–water partition coefficient (Wildman–Crippen LogP) is 3.19. The number of thioether (sulfide) groups is 1. The van der Waals surface area contributed by atoms with Crippen LogP contribution in [0.25, 0.3) is 16.7 Å². The first kappa shape index (κ1) is 22.3. The van der Waals surface area contributed by atoms with Crippen LogP contribution in [-0.2, 0) is 27.1 Å². The van der Waals surface area contributed by atoms with Gasteiger partial charge >= 0.3 is 0 Å². The van der Waals surface area contributed by atoms with Gasteiger partial charge in [-0.05, 0) is 36.8 Å². The lowest BCUT2D eigenvalue weighted by molar-refractivity contribution is 0.0730. The Morgan fingerprint density at radius 2 is 1.97 bits per heavy atom.